The molecule has 0 aromatic carbocycles. The number of carbonyl (C=O) groups is 1. The van der Waals surface area contributed by atoms with Gasteiger partial charge >= 0.3 is 5.97 Å². The highest BCUT2D eigenvalue weighted by atomic mass is 16.5. The number of carbonyl (C=O) groups excluding carboxylic acids is 1. The first-order valence-electron chi connectivity index (χ1n) is 24.2. The molecule has 0 bridgehead atoms. The van der Waals surface area contributed by atoms with Gasteiger partial charge in [-0.1, -0.05) is 174 Å². The molecule has 4 rings (SSSR count). The predicted molar refractivity (Wildman–Crippen MR) is 230 cm³/mol. The molecule has 306 valence electrons. The Labute approximate surface area is 331 Å². The van der Waals surface area contributed by atoms with E-state index in [1.165, 1.54) is 173 Å². The molecule has 0 amide bonds. The topological polar surface area (TPSA) is 26.3 Å². The third-order valence-corrected chi connectivity index (χ3v) is 15.7. The molecule has 0 radical (unpaired) electrons. The standard InChI is InChI=1S/C51H90O2/c1-7-8-9-10-11-12-13-14-15-16-17-18-19-20-21-22-23-24-25-26-27-31-49(52)53-44-36-38-50(5)43(40-44)32-33-45-47-35-34-46(42(4)30-28-29-41(2)3)51(47,6)39-37-48(45)50/h14-15,32,41-42,44-48H,7-13,16-31,33-40H2,1-6H3/b15-14-/t42-,44+,45+,46-,47+,48+,50+,51-/m1/s1. The van der Waals surface area contributed by atoms with Gasteiger partial charge in [-0.25, -0.2) is 0 Å². The first-order valence-corrected chi connectivity index (χ1v) is 24.2. The number of hydrogen-bond donors (Lipinski definition) is 0. The molecular weight excluding hydrogens is 645 g/mol. The molecule has 0 N–H and O–H groups in total. The van der Waals surface area contributed by atoms with Gasteiger partial charge in [0.1, 0.15) is 6.10 Å². The average Bonchev–Trinajstić information content (AvgIpc) is 3.49. The van der Waals surface area contributed by atoms with E-state index in [0.29, 0.717) is 17.3 Å². The van der Waals surface area contributed by atoms with Gasteiger partial charge in [-0.3, -0.25) is 4.79 Å². The fourth-order valence-corrected chi connectivity index (χ4v) is 12.4. The second-order valence-corrected chi connectivity index (χ2v) is 20.1. The van der Waals surface area contributed by atoms with Crippen LogP contribution < -0.4 is 0 Å². The van der Waals surface area contributed by atoms with Crippen LogP contribution >= 0.6 is 0 Å². The van der Waals surface area contributed by atoms with Gasteiger partial charge in [0.2, 0.25) is 0 Å². The smallest absolute Gasteiger partial charge is 0.306 e. The van der Waals surface area contributed by atoms with E-state index in [-0.39, 0.29) is 12.1 Å². The van der Waals surface area contributed by atoms with E-state index in [0.717, 1.165) is 54.8 Å². The van der Waals surface area contributed by atoms with Crippen LogP contribution in [0.2, 0.25) is 0 Å². The summed E-state index contributed by atoms with van der Waals surface area (Å²) in [5, 5.41) is 0. The largest absolute Gasteiger partial charge is 0.462 e. The summed E-state index contributed by atoms with van der Waals surface area (Å²) in [5.74, 6) is 5.33. The quantitative estimate of drug-likeness (QED) is 0.0477. The molecule has 4 aliphatic rings. The van der Waals surface area contributed by atoms with E-state index in [1.54, 1.807) is 5.57 Å². The van der Waals surface area contributed by atoms with Crippen molar-refractivity contribution in [3.05, 3.63) is 23.8 Å². The van der Waals surface area contributed by atoms with Crippen molar-refractivity contribution in [2.24, 2.45) is 46.3 Å². The number of rotatable bonds is 27. The van der Waals surface area contributed by atoms with Crippen molar-refractivity contribution in [3.63, 3.8) is 0 Å². The summed E-state index contributed by atoms with van der Waals surface area (Å²) in [6.07, 6.45) is 48.3. The summed E-state index contributed by atoms with van der Waals surface area (Å²) in [6, 6.07) is 0. The molecule has 2 nitrogen and oxygen atoms in total. The minimum Gasteiger partial charge on any atom is -0.462 e. The zero-order valence-electron chi connectivity index (χ0n) is 36.5. The predicted octanol–water partition coefficient (Wildman–Crippen LogP) is 16.3. The van der Waals surface area contributed by atoms with E-state index in [9.17, 15) is 4.79 Å². The van der Waals surface area contributed by atoms with Crippen molar-refractivity contribution in [1.29, 1.82) is 0 Å². The Balaban J connectivity index is 1.01. The van der Waals surface area contributed by atoms with Gasteiger partial charge < -0.3 is 4.74 Å². The minimum absolute atomic E-state index is 0.0640. The van der Waals surface area contributed by atoms with Gasteiger partial charge in [-0.05, 0) is 123 Å². The number of allylic oxidation sites excluding steroid dienone is 3. The Hall–Kier alpha value is -1.05. The number of fused-ring (bicyclic) bond motifs is 5. The highest BCUT2D eigenvalue weighted by molar-refractivity contribution is 5.69. The summed E-state index contributed by atoms with van der Waals surface area (Å²) in [5.41, 5.74) is 2.53. The van der Waals surface area contributed by atoms with Crippen LogP contribution in [-0.4, -0.2) is 12.1 Å². The number of hydrogen-bond acceptors (Lipinski definition) is 2. The van der Waals surface area contributed by atoms with E-state index < -0.39 is 0 Å². The van der Waals surface area contributed by atoms with Crippen LogP contribution in [0.3, 0.4) is 0 Å². The van der Waals surface area contributed by atoms with Crippen LogP contribution in [-0.2, 0) is 9.53 Å². The lowest BCUT2D eigenvalue weighted by atomic mass is 9.47. The lowest BCUT2D eigenvalue weighted by Gasteiger charge is -2.58. The average molecular weight is 735 g/mol. The van der Waals surface area contributed by atoms with Crippen molar-refractivity contribution in [1.82, 2.24) is 0 Å². The SMILES string of the molecule is CCCCCCCC/C=C\CCCCCCCCCCCCCC(=O)O[C@H]1CC[C@@]2(C)C(=CC[C@H]3[C@@H]4CC[C@H]([C@H](C)CCCC(C)C)[C@@]4(C)CC[C@@H]32)C1. The lowest BCUT2D eigenvalue weighted by Crippen LogP contribution is -2.51. The van der Waals surface area contributed by atoms with Crippen LogP contribution in [0.25, 0.3) is 0 Å². The molecule has 0 aliphatic heterocycles. The lowest BCUT2D eigenvalue weighted by molar-refractivity contribution is -0.151. The molecule has 3 fully saturated rings. The number of unbranched alkanes of at least 4 members (excludes halogenated alkanes) is 17. The molecule has 0 aromatic rings. The molecule has 8 atom stereocenters. The first-order chi connectivity index (χ1) is 25.7. The van der Waals surface area contributed by atoms with Crippen molar-refractivity contribution < 1.29 is 9.53 Å². The van der Waals surface area contributed by atoms with Crippen LogP contribution in [0.15, 0.2) is 23.8 Å². The summed E-state index contributed by atoms with van der Waals surface area (Å²) >= 11 is 0. The minimum atomic E-state index is 0.0640. The Morgan fingerprint density at radius 3 is 1.94 bits per heavy atom. The monoisotopic (exact) mass is 735 g/mol. The number of esters is 1. The summed E-state index contributed by atoms with van der Waals surface area (Å²) < 4.78 is 6.15. The van der Waals surface area contributed by atoms with Gasteiger partial charge in [0.05, 0.1) is 0 Å². The second kappa shape index (κ2) is 23.9. The zero-order valence-corrected chi connectivity index (χ0v) is 36.5. The zero-order chi connectivity index (χ0) is 37.9. The van der Waals surface area contributed by atoms with E-state index in [2.05, 4.69) is 59.8 Å². The highest BCUT2D eigenvalue weighted by Gasteiger charge is 2.59. The van der Waals surface area contributed by atoms with Crippen molar-refractivity contribution in [2.75, 3.05) is 0 Å². The molecule has 3 saturated carbocycles. The van der Waals surface area contributed by atoms with Crippen molar-refractivity contribution >= 4 is 5.97 Å². The Morgan fingerprint density at radius 2 is 1.32 bits per heavy atom. The van der Waals surface area contributed by atoms with Crippen LogP contribution in [0, 0.1) is 46.3 Å². The fraction of sp³-hybridized carbons (Fsp3) is 0.902. The Bertz CT molecular complexity index is 1070. The third kappa shape index (κ3) is 13.8. The maximum atomic E-state index is 12.9. The van der Waals surface area contributed by atoms with Gasteiger partial charge in [-0.15, -0.1) is 0 Å². The molecule has 0 aromatic heterocycles. The second-order valence-electron chi connectivity index (χ2n) is 20.1. The van der Waals surface area contributed by atoms with Gasteiger partial charge in [0.25, 0.3) is 0 Å². The molecule has 0 heterocycles. The van der Waals surface area contributed by atoms with Gasteiger partial charge in [0, 0.05) is 12.8 Å². The van der Waals surface area contributed by atoms with Crippen molar-refractivity contribution in [3.8, 4) is 0 Å². The van der Waals surface area contributed by atoms with Crippen LogP contribution in [0.1, 0.15) is 241 Å². The van der Waals surface area contributed by atoms with E-state index in [1.807, 2.05) is 0 Å². The van der Waals surface area contributed by atoms with Crippen molar-refractivity contribution in [2.45, 2.75) is 247 Å². The summed E-state index contributed by atoms with van der Waals surface area (Å²) in [6.45, 7) is 15.0. The number of ether oxygens (including phenoxy) is 1. The molecule has 0 spiro atoms. The van der Waals surface area contributed by atoms with Crippen LogP contribution in [0.4, 0.5) is 0 Å². The Kier molecular flexibility index (Phi) is 20.1. The maximum Gasteiger partial charge on any atom is 0.306 e. The molecule has 2 heteroatoms. The Morgan fingerprint density at radius 1 is 0.717 bits per heavy atom. The third-order valence-electron chi connectivity index (χ3n) is 15.7. The maximum absolute atomic E-state index is 12.9. The molecule has 0 saturated heterocycles. The van der Waals surface area contributed by atoms with Crippen LogP contribution in [0.5, 0.6) is 0 Å². The highest BCUT2D eigenvalue weighted by Crippen LogP contribution is 2.67. The van der Waals surface area contributed by atoms with E-state index in [4.69, 9.17) is 4.74 Å². The molecule has 53 heavy (non-hydrogen) atoms. The first kappa shape index (κ1) is 44.7. The normalized spacial score (nSPS) is 30.2. The van der Waals surface area contributed by atoms with E-state index >= 15 is 0 Å². The fourth-order valence-electron chi connectivity index (χ4n) is 12.4. The molecule has 4 aliphatic carbocycles. The van der Waals surface area contributed by atoms with Gasteiger partial charge in [0.15, 0.2) is 0 Å². The van der Waals surface area contributed by atoms with Gasteiger partial charge in [-0.2, -0.15) is 0 Å². The molecular formula is C51H90O2. The summed E-state index contributed by atoms with van der Waals surface area (Å²) in [7, 11) is 0. The molecule has 0 unspecified atom stereocenters. The summed E-state index contributed by atoms with van der Waals surface area (Å²) in [4.78, 5) is 12.9.